The molecule has 8 heteroatoms. The lowest BCUT2D eigenvalue weighted by Crippen LogP contribution is -2.31. The van der Waals surface area contributed by atoms with Crippen molar-refractivity contribution >= 4 is 24.0 Å². The van der Waals surface area contributed by atoms with Gasteiger partial charge in [-0.2, -0.15) is 5.10 Å². The normalized spacial score (nSPS) is 16.7. The number of aromatic nitrogens is 4. The van der Waals surface area contributed by atoms with Crippen LogP contribution in [0.5, 0.6) is 0 Å². The first-order valence-corrected chi connectivity index (χ1v) is 9.16. The third-order valence-electron chi connectivity index (χ3n) is 4.66. The van der Waals surface area contributed by atoms with Crippen molar-refractivity contribution in [3.05, 3.63) is 75.7 Å². The van der Waals surface area contributed by atoms with Gasteiger partial charge < -0.3 is 5.32 Å². The first-order valence-electron chi connectivity index (χ1n) is 8.79. The summed E-state index contributed by atoms with van der Waals surface area (Å²) in [5, 5.41) is 8.54. The number of para-hydroxylation sites is 1. The average molecular weight is 406 g/mol. The van der Waals surface area contributed by atoms with Crippen molar-refractivity contribution in [1.82, 2.24) is 24.6 Å². The van der Waals surface area contributed by atoms with Crippen molar-refractivity contribution in [1.29, 1.82) is 0 Å². The summed E-state index contributed by atoms with van der Waals surface area (Å²) in [6, 6.07) is 13.3. The summed E-state index contributed by atoms with van der Waals surface area (Å²) in [5.41, 5.74) is 1.60. The van der Waals surface area contributed by atoms with Gasteiger partial charge in [-0.25, -0.2) is 19.0 Å². The van der Waals surface area contributed by atoms with Crippen LogP contribution in [-0.2, 0) is 6.54 Å². The van der Waals surface area contributed by atoms with Crippen LogP contribution in [0.4, 0.5) is 0 Å². The first-order chi connectivity index (χ1) is 12.7. The summed E-state index contributed by atoms with van der Waals surface area (Å²) in [5.74, 6) is 1.04. The van der Waals surface area contributed by atoms with Gasteiger partial charge in [0.25, 0.3) is 0 Å². The largest absolute Gasteiger partial charge is 0.350 e. The lowest BCUT2D eigenvalue weighted by Gasteiger charge is -2.22. The Balaban J connectivity index is 0.00000210. The molecule has 1 unspecified atom stereocenters. The van der Waals surface area contributed by atoms with E-state index in [2.05, 4.69) is 10.3 Å². The Labute approximate surface area is 168 Å². The molecule has 0 radical (unpaired) electrons. The highest BCUT2D eigenvalue weighted by molar-refractivity contribution is 6.29. The van der Waals surface area contributed by atoms with Crippen LogP contribution in [0, 0.1) is 0 Å². The van der Waals surface area contributed by atoms with Gasteiger partial charge in [0, 0.05) is 18.7 Å². The van der Waals surface area contributed by atoms with Crippen LogP contribution in [0.15, 0.2) is 53.5 Å². The molecule has 4 rings (SSSR count). The van der Waals surface area contributed by atoms with Gasteiger partial charge in [0.05, 0.1) is 12.2 Å². The monoisotopic (exact) mass is 405 g/mol. The molecule has 27 heavy (non-hydrogen) atoms. The molecule has 1 atom stereocenters. The fourth-order valence-corrected chi connectivity index (χ4v) is 3.47. The zero-order chi connectivity index (χ0) is 17.9. The van der Waals surface area contributed by atoms with Gasteiger partial charge in [-0.05, 0) is 43.1 Å². The van der Waals surface area contributed by atoms with Crippen molar-refractivity contribution in [3.8, 4) is 5.69 Å². The number of rotatable bonds is 4. The summed E-state index contributed by atoms with van der Waals surface area (Å²) in [6.07, 6.45) is 3.79. The maximum Gasteiger partial charge on any atom is 0.350 e. The Morgan fingerprint density at radius 3 is 2.67 bits per heavy atom. The molecule has 0 spiro atoms. The summed E-state index contributed by atoms with van der Waals surface area (Å²) in [4.78, 5) is 17.2. The van der Waals surface area contributed by atoms with Crippen LogP contribution >= 0.6 is 24.0 Å². The second-order valence-corrected chi connectivity index (χ2v) is 6.89. The van der Waals surface area contributed by atoms with Gasteiger partial charge in [0.2, 0.25) is 0 Å². The average Bonchev–Trinajstić information content (AvgIpc) is 3.01. The van der Waals surface area contributed by atoms with Crippen molar-refractivity contribution in [2.45, 2.75) is 25.3 Å². The molecule has 2 aromatic heterocycles. The molecule has 1 fully saturated rings. The van der Waals surface area contributed by atoms with Crippen LogP contribution in [0.3, 0.4) is 0 Å². The predicted octanol–water partition coefficient (Wildman–Crippen LogP) is 3.02. The van der Waals surface area contributed by atoms with Gasteiger partial charge >= 0.3 is 5.69 Å². The fourth-order valence-electron chi connectivity index (χ4n) is 3.36. The van der Waals surface area contributed by atoms with E-state index >= 15 is 0 Å². The molecule has 1 saturated heterocycles. The van der Waals surface area contributed by atoms with Crippen LogP contribution in [0.2, 0.25) is 5.15 Å². The molecule has 0 bridgehead atoms. The molecule has 6 nitrogen and oxygen atoms in total. The zero-order valence-electron chi connectivity index (χ0n) is 14.7. The van der Waals surface area contributed by atoms with E-state index in [4.69, 9.17) is 16.7 Å². The van der Waals surface area contributed by atoms with E-state index in [1.807, 2.05) is 36.4 Å². The molecule has 142 valence electrons. The third-order valence-corrected chi connectivity index (χ3v) is 4.89. The van der Waals surface area contributed by atoms with Crippen LogP contribution < -0.4 is 11.0 Å². The van der Waals surface area contributed by atoms with Crippen LogP contribution in [0.25, 0.3) is 5.69 Å². The number of pyridine rings is 1. The lowest BCUT2D eigenvalue weighted by atomic mass is 9.99. The van der Waals surface area contributed by atoms with Gasteiger partial charge in [-0.15, -0.1) is 12.4 Å². The van der Waals surface area contributed by atoms with Crippen LogP contribution in [0.1, 0.15) is 30.1 Å². The number of benzene rings is 1. The fraction of sp³-hybridized carbons (Fsp3) is 0.316. The van der Waals surface area contributed by atoms with Gasteiger partial charge in [-0.1, -0.05) is 35.9 Å². The number of halogens is 2. The maximum atomic E-state index is 13.1. The molecule has 0 aliphatic carbocycles. The second kappa shape index (κ2) is 8.69. The van der Waals surface area contributed by atoms with Crippen molar-refractivity contribution < 1.29 is 0 Å². The Morgan fingerprint density at radius 1 is 1.19 bits per heavy atom. The Hall–Kier alpha value is -2.15. The van der Waals surface area contributed by atoms with Gasteiger partial charge in [-0.3, -0.25) is 0 Å². The van der Waals surface area contributed by atoms with Gasteiger partial charge in [0.15, 0.2) is 0 Å². The van der Waals surface area contributed by atoms with E-state index in [-0.39, 0.29) is 24.0 Å². The summed E-state index contributed by atoms with van der Waals surface area (Å²) < 4.78 is 3.25. The molecular formula is C19H21Cl2N5O. The minimum atomic E-state index is -0.133. The molecule has 1 aliphatic heterocycles. The van der Waals surface area contributed by atoms with Gasteiger partial charge in [0.1, 0.15) is 11.0 Å². The highest BCUT2D eigenvalue weighted by atomic mass is 35.5. The van der Waals surface area contributed by atoms with E-state index in [1.165, 1.54) is 4.68 Å². The molecular weight excluding hydrogens is 385 g/mol. The molecule has 0 saturated carbocycles. The van der Waals surface area contributed by atoms with Crippen molar-refractivity contribution in [2.24, 2.45) is 0 Å². The summed E-state index contributed by atoms with van der Waals surface area (Å²) >= 11 is 5.85. The molecule has 3 heterocycles. The Bertz CT molecular complexity index is 931. The van der Waals surface area contributed by atoms with E-state index in [0.717, 1.165) is 43.0 Å². The SMILES string of the molecule is Cl.O=c1n(Cc2ccc(Cl)nc2)nc(C2CCCNC2)n1-c1ccccc1. The van der Waals surface area contributed by atoms with E-state index in [1.54, 1.807) is 16.8 Å². The molecule has 3 aromatic rings. The quantitative estimate of drug-likeness (QED) is 0.677. The minimum absolute atomic E-state index is 0. The molecule has 0 amide bonds. The predicted molar refractivity (Wildman–Crippen MR) is 108 cm³/mol. The third kappa shape index (κ3) is 4.24. The number of nitrogens with zero attached hydrogens (tertiary/aromatic N) is 4. The highest BCUT2D eigenvalue weighted by Gasteiger charge is 2.24. The molecule has 1 aromatic carbocycles. The number of piperidine rings is 1. The Morgan fingerprint density at radius 2 is 2.00 bits per heavy atom. The lowest BCUT2D eigenvalue weighted by molar-refractivity contribution is 0.439. The summed E-state index contributed by atoms with van der Waals surface area (Å²) in [6.45, 7) is 2.23. The van der Waals surface area contributed by atoms with Crippen LogP contribution in [-0.4, -0.2) is 32.4 Å². The van der Waals surface area contributed by atoms with Crippen molar-refractivity contribution in [2.75, 3.05) is 13.1 Å². The van der Waals surface area contributed by atoms with E-state index in [9.17, 15) is 4.79 Å². The minimum Gasteiger partial charge on any atom is -0.316 e. The Kier molecular flexibility index (Phi) is 6.31. The molecule has 1 N–H and O–H groups in total. The number of hydrogen-bond acceptors (Lipinski definition) is 4. The zero-order valence-corrected chi connectivity index (χ0v) is 16.3. The maximum absolute atomic E-state index is 13.1. The smallest absolute Gasteiger partial charge is 0.316 e. The standard InChI is InChI=1S/C19H20ClN5O.ClH/c20-17-9-8-14(11-22-17)13-24-19(26)25(16-6-2-1-3-7-16)18(23-24)15-5-4-10-21-12-15;/h1-3,6-9,11,15,21H,4-5,10,12-13H2;1H. The van der Waals surface area contributed by atoms with E-state index in [0.29, 0.717) is 11.7 Å². The first kappa shape index (κ1) is 19.6. The topological polar surface area (TPSA) is 64.7 Å². The molecule has 1 aliphatic rings. The van der Waals surface area contributed by atoms with Crippen molar-refractivity contribution in [3.63, 3.8) is 0 Å². The number of hydrogen-bond donors (Lipinski definition) is 1. The highest BCUT2D eigenvalue weighted by Crippen LogP contribution is 2.23. The number of nitrogens with one attached hydrogen (secondary N) is 1. The second-order valence-electron chi connectivity index (χ2n) is 6.50. The summed E-state index contributed by atoms with van der Waals surface area (Å²) in [7, 11) is 0. The van der Waals surface area contributed by atoms with E-state index < -0.39 is 0 Å².